The first-order chi connectivity index (χ1) is 8.65. The summed E-state index contributed by atoms with van der Waals surface area (Å²) >= 11 is 0. The van der Waals surface area contributed by atoms with Gasteiger partial charge in [-0.15, -0.1) is 0 Å². The van der Waals surface area contributed by atoms with Gasteiger partial charge in [0.25, 0.3) is 0 Å². The average molecular weight is 250 g/mol. The minimum absolute atomic E-state index is 0.143. The molecule has 0 aliphatic heterocycles. The summed E-state index contributed by atoms with van der Waals surface area (Å²) in [5.41, 5.74) is 7.88. The van der Waals surface area contributed by atoms with Crippen LogP contribution in [0.25, 0.3) is 0 Å². The van der Waals surface area contributed by atoms with Crippen LogP contribution in [-0.4, -0.2) is 25.7 Å². The highest BCUT2D eigenvalue weighted by atomic mass is 16.5. The van der Waals surface area contributed by atoms with Crippen LogP contribution in [0.2, 0.25) is 0 Å². The number of aryl methyl sites for hydroxylation is 1. The van der Waals surface area contributed by atoms with E-state index in [2.05, 4.69) is 5.32 Å². The highest BCUT2D eigenvalue weighted by molar-refractivity contribution is 5.82. The summed E-state index contributed by atoms with van der Waals surface area (Å²) in [6.07, 6.45) is 0.806. The number of hydrogen-bond acceptors (Lipinski definition) is 3. The lowest BCUT2D eigenvalue weighted by atomic mass is 10.1. The summed E-state index contributed by atoms with van der Waals surface area (Å²) in [5.74, 6) is -0.143. The second-order valence-corrected chi connectivity index (χ2v) is 4.23. The Labute approximate surface area is 109 Å². The first-order valence-electron chi connectivity index (χ1n) is 6.32. The number of ether oxygens (including phenoxy) is 1. The molecule has 1 unspecified atom stereocenters. The molecule has 100 valence electrons. The molecule has 0 saturated carbocycles. The second kappa shape index (κ2) is 7.84. The van der Waals surface area contributed by atoms with E-state index in [0.717, 1.165) is 17.5 Å². The largest absolute Gasteiger partial charge is 0.382 e. The van der Waals surface area contributed by atoms with E-state index in [4.69, 9.17) is 10.5 Å². The number of nitrogens with two attached hydrogens (primary N) is 1. The van der Waals surface area contributed by atoms with Gasteiger partial charge in [0.2, 0.25) is 5.91 Å². The van der Waals surface area contributed by atoms with Crippen molar-refractivity contribution in [3.63, 3.8) is 0 Å². The Hall–Kier alpha value is -1.39. The van der Waals surface area contributed by atoms with Gasteiger partial charge in [0.05, 0.1) is 0 Å². The van der Waals surface area contributed by atoms with Crippen LogP contribution >= 0.6 is 0 Å². The molecule has 0 radical (unpaired) electrons. The predicted molar refractivity (Wildman–Crippen MR) is 72.2 cm³/mol. The van der Waals surface area contributed by atoms with Crippen LogP contribution in [0.4, 0.5) is 0 Å². The van der Waals surface area contributed by atoms with Crippen LogP contribution in [0.3, 0.4) is 0 Å². The summed E-state index contributed by atoms with van der Waals surface area (Å²) in [4.78, 5) is 11.8. The first-order valence-corrected chi connectivity index (χ1v) is 6.32. The van der Waals surface area contributed by atoms with Crippen LogP contribution in [-0.2, 0) is 9.53 Å². The van der Waals surface area contributed by atoms with Gasteiger partial charge >= 0.3 is 0 Å². The van der Waals surface area contributed by atoms with Crippen molar-refractivity contribution in [2.24, 2.45) is 5.73 Å². The zero-order chi connectivity index (χ0) is 13.4. The van der Waals surface area contributed by atoms with E-state index in [9.17, 15) is 4.79 Å². The van der Waals surface area contributed by atoms with Crippen molar-refractivity contribution in [3.05, 3.63) is 35.4 Å². The quantitative estimate of drug-likeness (QED) is 0.721. The Kier molecular flexibility index (Phi) is 6.39. The van der Waals surface area contributed by atoms with Crippen LogP contribution in [0.1, 0.15) is 30.5 Å². The van der Waals surface area contributed by atoms with Crippen LogP contribution in [0, 0.1) is 6.92 Å². The molecule has 4 nitrogen and oxygen atoms in total. The Morgan fingerprint density at radius 2 is 2.06 bits per heavy atom. The molecule has 1 aromatic rings. The minimum Gasteiger partial charge on any atom is -0.382 e. The van der Waals surface area contributed by atoms with Crippen molar-refractivity contribution >= 4 is 5.91 Å². The minimum atomic E-state index is -0.599. The number of carbonyl (C=O) groups is 1. The molecule has 1 aromatic carbocycles. The molecule has 0 aliphatic rings. The van der Waals surface area contributed by atoms with E-state index in [0.29, 0.717) is 19.8 Å². The summed E-state index contributed by atoms with van der Waals surface area (Å²) in [6.45, 7) is 5.92. The molecule has 1 atom stereocenters. The molecule has 0 aliphatic carbocycles. The lowest BCUT2D eigenvalue weighted by Crippen LogP contribution is -2.34. The zero-order valence-corrected chi connectivity index (χ0v) is 11.1. The maximum atomic E-state index is 11.8. The molecule has 0 saturated heterocycles. The first kappa shape index (κ1) is 14.7. The van der Waals surface area contributed by atoms with Gasteiger partial charge in [-0.3, -0.25) is 4.79 Å². The second-order valence-electron chi connectivity index (χ2n) is 4.23. The Balaban J connectivity index is 2.34. The maximum Gasteiger partial charge on any atom is 0.241 e. The van der Waals surface area contributed by atoms with Gasteiger partial charge in [-0.1, -0.05) is 29.8 Å². The lowest BCUT2D eigenvalue weighted by Gasteiger charge is -2.12. The van der Waals surface area contributed by atoms with E-state index < -0.39 is 6.04 Å². The highest BCUT2D eigenvalue weighted by Crippen LogP contribution is 2.11. The monoisotopic (exact) mass is 250 g/mol. The molecule has 0 spiro atoms. The van der Waals surface area contributed by atoms with Crippen LogP contribution < -0.4 is 11.1 Å². The van der Waals surface area contributed by atoms with Gasteiger partial charge in [-0.25, -0.2) is 0 Å². The van der Waals surface area contributed by atoms with E-state index in [1.54, 1.807) is 0 Å². The van der Waals surface area contributed by atoms with Crippen molar-refractivity contribution < 1.29 is 9.53 Å². The molecular weight excluding hydrogens is 228 g/mol. The van der Waals surface area contributed by atoms with Gasteiger partial charge in [-0.05, 0) is 25.8 Å². The number of rotatable bonds is 7. The fourth-order valence-electron chi connectivity index (χ4n) is 1.57. The topological polar surface area (TPSA) is 64.3 Å². The molecule has 0 fully saturated rings. The molecule has 0 aromatic heterocycles. The van der Waals surface area contributed by atoms with E-state index in [1.807, 2.05) is 38.1 Å². The number of nitrogens with one attached hydrogen (secondary N) is 1. The van der Waals surface area contributed by atoms with Gasteiger partial charge in [0.1, 0.15) is 6.04 Å². The maximum absolute atomic E-state index is 11.8. The fourth-order valence-corrected chi connectivity index (χ4v) is 1.57. The summed E-state index contributed by atoms with van der Waals surface area (Å²) in [7, 11) is 0. The number of carbonyl (C=O) groups excluding carboxylic acids is 1. The van der Waals surface area contributed by atoms with Crippen molar-refractivity contribution in [1.29, 1.82) is 0 Å². The standard InChI is InChI=1S/C14H22N2O2/c1-3-18-10-4-9-16-14(17)13(15)12-7-5-11(2)6-8-12/h5-8,13H,3-4,9-10,15H2,1-2H3,(H,16,17). The summed E-state index contributed by atoms with van der Waals surface area (Å²) in [5, 5.41) is 2.81. The third-order valence-corrected chi connectivity index (χ3v) is 2.69. The molecule has 18 heavy (non-hydrogen) atoms. The number of benzene rings is 1. The molecule has 1 rings (SSSR count). The van der Waals surface area contributed by atoms with E-state index in [1.165, 1.54) is 0 Å². The fraction of sp³-hybridized carbons (Fsp3) is 0.500. The van der Waals surface area contributed by atoms with Crippen molar-refractivity contribution in [1.82, 2.24) is 5.32 Å². The molecule has 0 heterocycles. The number of hydrogen-bond donors (Lipinski definition) is 2. The Morgan fingerprint density at radius 3 is 2.67 bits per heavy atom. The smallest absolute Gasteiger partial charge is 0.241 e. The van der Waals surface area contributed by atoms with Crippen molar-refractivity contribution in [2.75, 3.05) is 19.8 Å². The van der Waals surface area contributed by atoms with Crippen molar-refractivity contribution in [3.8, 4) is 0 Å². The molecule has 0 bridgehead atoms. The van der Waals surface area contributed by atoms with Crippen LogP contribution in [0.15, 0.2) is 24.3 Å². The number of amides is 1. The van der Waals surface area contributed by atoms with Gasteiger partial charge in [-0.2, -0.15) is 0 Å². The normalized spacial score (nSPS) is 12.2. The van der Waals surface area contributed by atoms with Gasteiger partial charge in [0.15, 0.2) is 0 Å². The Bertz CT molecular complexity index is 363. The highest BCUT2D eigenvalue weighted by Gasteiger charge is 2.14. The molecule has 1 amide bonds. The van der Waals surface area contributed by atoms with E-state index in [-0.39, 0.29) is 5.91 Å². The summed E-state index contributed by atoms with van der Waals surface area (Å²) in [6, 6.07) is 7.09. The lowest BCUT2D eigenvalue weighted by molar-refractivity contribution is -0.122. The third-order valence-electron chi connectivity index (χ3n) is 2.69. The van der Waals surface area contributed by atoms with Gasteiger partial charge < -0.3 is 15.8 Å². The predicted octanol–water partition coefficient (Wildman–Crippen LogP) is 1.54. The zero-order valence-electron chi connectivity index (χ0n) is 11.1. The van der Waals surface area contributed by atoms with E-state index >= 15 is 0 Å². The Morgan fingerprint density at radius 1 is 1.39 bits per heavy atom. The molecule has 3 N–H and O–H groups in total. The van der Waals surface area contributed by atoms with Crippen molar-refractivity contribution in [2.45, 2.75) is 26.3 Å². The SMILES string of the molecule is CCOCCCNC(=O)C(N)c1ccc(C)cc1. The summed E-state index contributed by atoms with van der Waals surface area (Å²) < 4.78 is 5.19. The third kappa shape index (κ3) is 4.85. The molecular formula is C14H22N2O2. The van der Waals surface area contributed by atoms with Crippen LogP contribution in [0.5, 0.6) is 0 Å². The average Bonchev–Trinajstić information content (AvgIpc) is 2.38. The van der Waals surface area contributed by atoms with Gasteiger partial charge in [0, 0.05) is 19.8 Å². The molecule has 4 heteroatoms.